The second-order valence-corrected chi connectivity index (χ2v) is 8.71. The molecule has 1 aromatic carbocycles. The van der Waals surface area contributed by atoms with E-state index in [1.165, 1.54) is 0 Å². The number of urea groups is 1. The molecule has 2 atom stereocenters. The second-order valence-electron chi connectivity index (χ2n) is 8.71. The first-order chi connectivity index (χ1) is 14.0. The molecule has 1 aromatic heterocycles. The molecular weight excluding hydrogens is 388 g/mol. The van der Waals surface area contributed by atoms with Gasteiger partial charge in [0.2, 0.25) is 11.7 Å². The Morgan fingerprint density at radius 3 is 2.37 bits per heavy atom. The average Bonchev–Trinajstić information content (AvgIpc) is 3.18. The van der Waals surface area contributed by atoms with Crippen molar-refractivity contribution in [3.63, 3.8) is 0 Å². The van der Waals surface area contributed by atoms with Crippen molar-refractivity contribution in [1.82, 2.24) is 20.5 Å². The zero-order valence-electron chi connectivity index (χ0n) is 18.0. The monoisotopic (exact) mass is 418 g/mol. The van der Waals surface area contributed by atoms with Gasteiger partial charge in [-0.25, -0.2) is 4.79 Å². The summed E-state index contributed by atoms with van der Waals surface area (Å²) in [6, 6.07) is 7.33. The zero-order chi connectivity index (χ0) is 22.5. The Bertz CT molecular complexity index is 845. The number of hydroxylamine groups is 2. The van der Waals surface area contributed by atoms with E-state index in [4.69, 9.17) is 4.52 Å². The summed E-state index contributed by atoms with van der Waals surface area (Å²) in [7, 11) is 0. The number of aromatic nitrogens is 2. The van der Waals surface area contributed by atoms with Gasteiger partial charge in [0, 0.05) is 5.56 Å². The van der Waals surface area contributed by atoms with Crippen LogP contribution >= 0.6 is 0 Å². The summed E-state index contributed by atoms with van der Waals surface area (Å²) in [4.78, 5) is 29.0. The maximum Gasteiger partial charge on any atom is 0.349 e. The Labute approximate surface area is 176 Å². The molecule has 0 saturated carbocycles. The van der Waals surface area contributed by atoms with Crippen LogP contribution in [0.3, 0.4) is 0 Å². The lowest BCUT2D eigenvalue weighted by Gasteiger charge is -2.29. The highest BCUT2D eigenvalue weighted by Gasteiger charge is 2.36. The number of nitrogens with one attached hydrogen (secondary N) is 1. The number of benzene rings is 1. The summed E-state index contributed by atoms with van der Waals surface area (Å²) >= 11 is 0. The molecule has 9 heteroatoms. The molecule has 1 heterocycles. The molecule has 0 fully saturated rings. The first kappa shape index (κ1) is 23.5. The van der Waals surface area contributed by atoms with Gasteiger partial charge in [-0.15, -0.1) is 5.06 Å². The van der Waals surface area contributed by atoms with E-state index in [1.807, 2.05) is 65.0 Å². The van der Waals surface area contributed by atoms with Crippen LogP contribution in [0.2, 0.25) is 0 Å². The third kappa shape index (κ3) is 6.11. The van der Waals surface area contributed by atoms with E-state index in [-0.39, 0.29) is 23.3 Å². The van der Waals surface area contributed by atoms with Gasteiger partial charge in [0.1, 0.15) is 12.1 Å². The van der Waals surface area contributed by atoms with Gasteiger partial charge < -0.3 is 14.9 Å². The maximum absolute atomic E-state index is 12.5. The van der Waals surface area contributed by atoms with Crippen molar-refractivity contribution in [2.24, 2.45) is 11.3 Å². The predicted molar refractivity (Wildman–Crippen MR) is 109 cm³/mol. The average molecular weight is 418 g/mol. The Morgan fingerprint density at radius 1 is 1.17 bits per heavy atom. The summed E-state index contributed by atoms with van der Waals surface area (Å²) in [6.45, 7) is 9.41. The molecule has 3 amide bonds. The number of hydrogen-bond donors (Lipinski definition) is 3. The molecule has 0 aliphatic carbocycles. The zero-order valence-corrected chi connectivity index (χ0v) is 18.0. The maximum atomic E-state index is 12.5. The van der Waals surface area contributed by atoms with Crippen molar-refractivity contribution in [2.75, 3.05) is 0 Å². The third-order valence-electron chi connectivity index (χ3n) is 4.56. The van der Waals surface area contributed by atoms with Crippen LogP contribution in [0.1, 0.15) is 59.4 Å². The van der Waals surface area contributed by atoms with Gasteiger partial charge in [0.05, 0.1) is 0 Å². The molecule has 3 N–H and O–H groups in total. The number of rotatable bonds is 7. The van der Waals surface area contributed by atoms with Crippen LogP contribution in [-0.2, 0) is 4.79 Å². The van der Waals surface area contributed by atoms with Gasteiger partial charge in [0.15, 0.2) is 0 Å². The van der Waals surface area contributed by atoms with Crippen LogP contribution in [0.4, 0.5) is 4.79 Å². The predicted octanol–water partition coefficient (Wildman–Crippen LogP) is 3.55. The van der Waals surface area contributed by atoms with E-state index in [2.05, 4.69) is 15.5 Å². The van der Waals surface area contributed by atoms with Gasteiger partial charge in [-0.2, -0.15) is 4.98 Å². The fourth-order valence-corrected chi connectivity index (χ4v) is 2.75. The summed E-state index contributed by atoms with van der Waals surface area (Å²) in [5, 5.41) is 26.4. The number of carbonyl (C=O) groups is 2. The minimum Gasteiger partial charge on any atom is -0.383 e. The van der Waals surface area contributed by atoms with Crippen molar-refractivity contribution in [3.8, 4) is 11.4 Å². The van der Waals surface area contributed by atoms with Crippen molar-refractivity contribution in [3.05, 3.63) is 36.2 Å². The molecule has 0 aliphatic heterocycles. The van der Waals surface area contributed by atoms with Gasteiger partial charge in [-0.3, -0.25) is 10.0 Å². The summed E-state index contributed by atoms with van der Waals surface area (Å²) < 4.78 is 5.35. The second kappa shape index (κ2) is 9.82. The van der Waals surface area contributed by atoms with Crippen molar-refractivity contribution in [2.45, 2.75) is 59.6 Å². The van der Waals surface area contributed by atoms with Crippen LogP contribution in [0.15, 0.2) is 34.9 Å². The normalized spacial score (nSPS) is 13.7. The number of amides is 3. The van der Waals surface area contributed by atoms with E-state index >= 15 is 0 Å². The highest BCUT2D eigenvalue weighted by molar-refractivity contribution is 5.95. The van der Waals surface area contributed by atoms with Crippen LogP contribution in [0.25, 0.3) is 11.4 Å². The summed E-state index contributed by atoms with van der Waals surface area (Å²) in [6.07, 6.45) is -0.741. The Balaban J connectivity index is 2.14. The van der Waals surface area contributed by atoms with Crippen molar-refractivity contribution >= 4 is 11.9 Å². The third-order valence-corrected chi connectivity index (χ3v) is 4.56. The van der Waals surface area contributed by atoms with E-state index in [1.54, 1.807) is 0 Å². The van der Waals surface area contributed by atoms with Crippen molar-refractivity contribution < 1.29 is 24.4 Å². The molecule has 30 heavy (non-hydrogen) atoms. The lowest BCUT2D eigenvalue weighted by atomic mass is 9.86. The Morgan fingerprint density at radius 2 is 1.80 bits per heavy atom. The number of hydrogen-bond acceptors (Lipinski definition) is 7. The van der Waals surface area contributed by atoms with E-state index in [0.717, 1.165) is 5.56 Å². The highest BCUT2D eigenvalue weighted by atomic mass is 16.5. The number of aliphatic hydroxyl groups excluding tert-OH is 1. The smallest absolute Gasteiger partial charge is 0.349 e. The minimum absolute atomic E-state index is 0.0990. The molecule has 1 unspecified atom stereocenters. The molecule has 2 aromatic rings. The molecule has 0 saturated heterocycles. The molecule has 0 spiro atoms. The van der Waals surface area contributed by atoms with Gasteiger partial charge in [-0.05, 0) is 24.2 Å². The largest absolute Gasteiger partial charge is 0.383 e. The van der Waals surface area contributed by atoms with Gasteiger partial charge in [0.25, 0.3) is 5.91 Å². The fraction of sp³-hybridized carbons (Fsp3) is 0.524. The molecule has 0 radical (unpaired) electrons. The molecule has 0 aliphatic rings. The topological polar surface area (TPSA) is 129 Å². The number of imide groups is 1. The number of aliphatic hydroxyl groups is 1. The fourth-order valence-electron chi connectivity index (χ4n) is 2.75. The summed E-state index contributed by atoms with van der Waals surface area (Å²) in [5.41, 5.74) is 0.176. The Kier molecular flexibility index (Phi) is 7.69. The van der Waals surface area contributed by atoms with Crippen LogP contribution in [0.5, 0.6) is 0 Å². The number of carbonyl (C=O) groups excluding carboxylic acids is 2. The minimum atomic E-state index is -1.47. The SMILES string of the molecule is CC(C)CC[C@H](O)C(=O)N(O)C(=O)NC(c1nc(-c2ccccc2)no1)C(C)(C)C. The number of nitrogens with zero attached hydrogens (tertiary/aromatic N) is 3. The van der Waals surface area contributed by atoms with E-state index in [0.29, 0.717) is 12.2 Å². The molecule has 2 rings (SSSR count). The van der Waals surface area contributed by atoms with Gasteiger partial charge >= 0.3 is 6.03 Å². The van der Waals surface area contributed by atoms with Crippen LogP contribution in [-0.4, -0.2) is 43.6 Å². The molecule has 9 nitrogen and oxygen atoms in total. The molecule has 0 bridgehead atoms. The van der Waals surface area contributed by atoms with Crippen LogP contribution in [0, 0.1) is 11.3 Å². The standard InChI is InChI=1S/C21H30N4O5/c1-13(2)11-12-15(26)19(27)25(29)20(28)22-16(21(3,4)5)18-23-17(24-30-18)14-9-7-6-8-10-14/h6-10,13,15-16,26,29H,11-12H2,1-5H3,(H,22,28)/t15-,16?/m0/s1. The highest BCUT2D eigenvalue weighted by Crippen LogP contribution is 2.33. The van der Waals surface area contributed by atoms with E-state index in [9.17, 15) is 19.9 Å². The van der Waals surface area contributed by atoms with Crippen LogP contribution < -0.4 is 5.32 Å². The molecular formula is C21H30N4O5. The first-order valence-electron chi connectivity index (χ1n) is 9.91. The first-order valence-corrected chi connectivity index (χ1v) is 9.91. The lowest BCUT2D eigenvalue weighted by molar-refractivity contribution is -0.162. The van der Waals surface area contributed by atoms with Gasteiger partial charge in [-0.1, -0.05) is 70.1 Å². The van der Waals surface area contributed by atoms with E-state index < -0.39 is 29.5 Å². The summed E-state index contributed by atoms with van der Waals surface area (Å²) in [5.74, 6) is -0.322. The quantitative estimate of drug-likeness (QED) is 0.463. The van der Waals surface area contributed by atoms with Crippen molar-refractivity contribution in [1.29, 1.82) is 0 Å². The Hall–Kier alpha value is -2.78. The lowest BCUT2D eigenvalue weighted by Crippen LogP contribution is -2.49. The molecule has 164 valence electrons.